The van der Waals surface area contributed by atoms with E-state index in [0.29, 0.717) is 22.9 Å². The highest BCUT2D eigenvalue weighted by Gasteiger charge is 2.06. The number of thioether (sulfide) groups is 1. The first-order valence-corrected chi connectivity index (χ1v) is 5.87. The number of hydrogen-bond acceptors (Lipinski definition) is 3. The van der Waals surface area contributed by atoms with Crippen molar-refractivity contribution < 1.29 is 4.74 Å². The molecule has 0 saturated heterocycles. The molecule has 1 aromatic carbocycles. The molecular formula is C10H10ClNOS. The molecule has 2 nitrogen and oxygen atoms in total. The van der Waals surface area contributed by atoms with Gasteiger partial charge in [0.05, 0.1) is 11.6 Å². The highest BCUT2D eigenvalue weighted by atomic mass is 35.5. The fourth-order valence-corrected chi connectivity index (χ4v) is 1.43. The molecule has 0 aliphatic carbocycles. The minimum atomic E-state index is 0.412. The molecule has 0 bridgehead atoms. The molecule has 0 N–H and O–H groups in total. The molecule has 0 saturated carbocycles. The lowest BCUT2D eigenvalue weighted by molar-refractivity contribution is 0.343. The topological polar surface area (TPSA) is 33.0 Å². The van der Waals surface area contributed by atoms with E-state index in [1.807, 2.05) is 12.3 Å². The van der Waals surface area contributed by atoms with Crippen LogP contribution >= 0.6 is 23.4 Å². The highest BCUT2D eigenvalue weighted by Crippen LogP contribution is 2.25. The van der Waals surface area contributed by atoms with E-state index < -0.39 is 0 Å². The summed E-state index contributed by atoms with van der Waals surface area (Å²) in [5.41, 5.74) is 0.412. The lowest BCUT2D eigenvalue weighted by Gasteiger charge is -2.07. The maximum atomic E-state index is 8.84. The second-order valence-electron chi connectivity index (χ2n) is 2.57. The van der Waals surface area contributed by atoms with Gasteiger partial charge in [0, 0.05) is 5.75 Å². The molecule has 0 heterocycles. The van der Waals surface area contributed by atoms with Crippen molar-refractivity contribution in [3.8, 4) is 11.8 Å². The number of halogens is 1. The number of nitrogens with zero attached hydrogens (tertiary/aromatic N) is 1. The van der Waals surface area contributed by atoms with Gasteiger partial charge in [-0.25, -0.2) is 0 Å². The summed E-state index contributed by atoms with van der Waals surface area (Å²) in [6.45, 7) is 0.593. The molecule has 4 heteroatoms. The molecule has 0 amide bonds. The fourth-order valence-electron chi connectivity index (χ4n) is 0.968. The van der Waals surface area contributed by atoms with Gasteiger partial charge in [0.15, 0.2) is 0 Å². The van der Waals surface area contributed by atoms with Gasteiger partial charge in [0.2, 0.25) is 0 Å². The van der Waals surface area contributed by atoms with Gasteiger partial charge in [0.25, 0.3) is 0 Å². The summed E-state index contributed by atoms with van der Waals surface area (Å²) in [4.78, 5) is 0. The first-order valence-electron chi connectivity index (χ1n) is 4.10. The van der Waals surface area contributed by atoms with E-state index in [0.717, 1.165) is 5.75 Å². The lowest BCUT2D eigenvalue weighted by Crippen LogP contribution is -2.01. The number of rotatable bonds is 4. The molecule has 0 aliphatic rings. The van der Waals surface area contributed by atoms with E-state index in [1.54, 1.807) is 30.0 Å². The van der Waals surface area contributed by atoms with Crippen LogP contribution in [0, 0.1) is 11.3 Å². The number of ether oxygens (including phenoxy) is 1. The zero-order chi connectivity index (χ0) is 10.4. The van der Waals surface area contributed by atoms with Gasteiger partial charge in [-0.2, -0.15) is 17.0 Å². The summed E-state index contributed by atoms with van der Waals surface area (Å²) in [6.07, 6.45) is 2.01. The van der Waals surface area contributed by atoms with Crippen LogP contribution in [0.25, 0.3) is 0 Å². The van der Waals surface area contributed by atoms with Crippen molar-refractivity contribution in [2.24, 2.45) is 0 Å². The van der Waals surface area contributed by atoms with Crippen LogP contribution in [0.15, 0.2) is 18.2 Å². The van der Waals surface area contributed by atoms with E-state index in [4.69, 9.17) is 21.6 Å². The molecule has 0 aliphatic heterocycles. The Hall–Kier alpha value is -0.850. The third kappa shape index (κ3) is 2.83. The first-order chi connectivity index (χ1) is 6.79. The van der Waals surface area contributed by atoms with E-state index in [1.165, 1.54) is 0 Å². The molecule has 0 fully saturated rings. The Balaban J connectivity index is 2.76. The maximum absolute atomic E-state index is 8.84. The summed E-state index contributed by atoms with van der Waals surface area (Å²) in [5.74, 6) is 1.46. The van der Waals surface area contributed by atoms with Gasteiger partial charge in [-0.1, -0.05) is 17.7 Å². The zero-order valence-electron chi connectivity index (χ0n) is 7.79. The van der Waals surface area contributed by atoms with Crippen molar-refractivity contribution in [2.75, 3.05) is 18.6 Å². The van der Waals surface area contributed by atoms with Crippen LogP contribution in [0.3, 0.4) is 0 Å². The predicted octanol–water partition coefficient (Wildman–Crippen LogP) is 2.95. The predicted molar refractivity (Wildman–Crippen MR) is 60.0 cm³/mol. The molecule has 0 radical (unpaired) electrons. The molecular weight excluding hydrogens is 218 g/mol. The fraction of sp³-hybridized carbons (Fsp3) is 0.300. The van der Waals surface area contributed by atoms with Crippen LogP contribution < -0.4 is 4.74 Å². The van der Waals surface area contributed by atoms with E-state index in [2.05, 4.69) is 0 Å². The Kier molecular flexibility index (Phi) is 4.64. The van der Waals surface area contributed by atoms with Crippen LogP contribution in [0.5, 0.6) is 5.75 Å². The Morgan fingerprint density at radius 3 is 3.00 bits per heavy atom. The third-order valence-electron chi connectivity index (χ3n) is 1.63. The molecule has 14 heavy (non-hydrogen) atoms. The van der Waals surface area contributed by atoms with Crippen LogP contribution in [0.4, 0.5) is 0 Å². The Morgan fingerprint density at radius 2 is 2.36 bits per heavy atom. The summed E-state index contributed by atoms with van der Waals surface area (Å²) in [7, 11) is 0. The van der Waals surface area contributed by atoms with Gasteiger partial charge in [0.1, 0.15) is 17.4 Å². The number of hydrogen-bond donors (Lipinski definition) is 0. The SMILES string of the molecule is CSCCOc1cccc(Cl)c1C#N. The van der Waals surface area contributed by atoms with Gasteiger partial charge < -0.3 is 4.74 Å². The van der Waals surface area contributed by atoms with Gasteiger partial charge in [-0.3, -0.25) is 0 Å². The van der Waals surface area contributed by atoms with Crippen LogP contribution in [-0.4, -0.2) is 18.6 Å². The van der Waals surface area contributed by atoms with Crippen molar-refractivity contribution in [2.45, 2.75) is 0 Å². The highest BCUT2D eigenvalue weighted by molar-refractivity contribution is 7.98. The van der Waals surface area contributed by atoms with Crippen molar-refractivity contribution in [3.05, 3.63) is 28.8 Å². The molecule has 0 unspecified atom stereocenters. The third-order valence-corrected chi connectivity index (χ3v) is 2.52. The van der Waals surface area contributed by atoms with Crippen molar-refractivity contribution >= 4 is 23.4 Å². The lowest BCUT2D eigenvalue weighted by atomic mass is 10.2. The van der Waals surface area contributed by atoms with Crippen molar-refractivity contribution in [1.82, 2.24) is 0 Å². The normalized spacial score (nSPS) is 9.50. The minimum Gasteiger partial charge on any atom is -0.491 e. The summed E-state index contributed by atoms with van der Waals surface area (Å²) < 4.78 is 5.42. The molecule has 74 valence electrons. The summed E-state index contributed by atoms with van der Waals surface area (Å²) >= 11 is 7.53. The number of nitriles is 1. The largest absolute Gasteiger partial charge is 0.491 e. The summed E-state index contributed by atoms with van der Waals surface area (Å²) in [5, 5.41) is 9.28. The van der Waals surface area contributed by atoms with E-state index in [9.17, 15) is 0 Å². The smallest absolute Gasteiger partial charge is 0.138 e. The minimum absolute atomic E-state index is 0.412. The molecule has 1 aromatic rings. The van der Waals surface area contributed by atoms with E-state index >= 15 is 0 Å². The molecule has 0 spiro atoms. The molecule has 0 aromatic heterocycles. The van der Waals surface area contributed by atoms with Gasteiger partial charge >= 0.3 is 0 Å². The Bertz CT molecular complexity index is 348. The number of benzene rings is 1. The van der Waals surface area contributed by atoms with Crippen LogP contribution in [-0.2, 0) is 0 Å². The first kappa shape index (κ1) is 11.2. The van der Waals surface area contributed by atoms with Gasteiger partial charge in [-0.05, 0) is 18.4 Å². The van der Waals surface area contributed by atoms with Crippen LogP contribution in [0.2, 0.25) is 5.02 Å². The Labute approximate surface area is 92.8 Å². The van der Waals surface area contributed by atoms with Crippen LogP contribution in [0.1, 0.15) is 5.56 Å². The van der Waals surface area contributed by atoms with Gasteiger partial charge in [-0.15, -0.1) is 0 Å². The monoisotopic (exact) mass is 227 g/mol. The van der Waals surface area contributed by atoms with Crippen molar-refractivity contribution in [3.63, 3.8) is 0 Å². The van der Waals surface area contributed by atoms with Crippen molar-refractivity contribution in [1.29, 1.82) is 5.26 Å². The standard InChI is InChI=1S/C10H10ClNOS/c1-14-6-5-13-10-4-2-3-9(11)8(10)7-12/h2-4H,5-6H2,1H3. The Morgan fingerprint density at radius 1 is 1.57 bits per heavy atom. The molecule has 1 rings (SSSR count). The second-order valence-corrected chi connectivity index (χ2v) is 3.96. The average molecular weight is 228 g/mol. The molecule has 0 atom stereocenters. The second kappa shape index (κ2) is 5.79. The zero-order valence-corrected chi connectivity index (χ0v) is 9.36. The quantitative estimate of drug-likeness (QED) is 0.742. The summed E-state index contributed by atoms with van der Waals surface area (Å²) in [6, 6.07) is 7.24. The van der Waals surface area contributed by atoms with E-state index in [-0.39, 0.29) is 0 Å². The maximum Gasteiger partial charge on any atom is 0.138 e. The average Bonchev–Trinajstić information content (AvgIpc) is 2.18.